The van der Waals surface area contributed by atoms with Gasteiger partial charge in [0.2, 0.25) is 10.0 Å². The van der Waals surface area contributed by atoms with Crippen LogP contribution in [0, 0.1) is 19.8 Å². The SMILES string of the molecule is Cc1n[nH]c(C)c1S(=O)(=O)N1CCN(C(C)C2CC2)CC1. The largest absolute Gasteiger partial charge is 0.298 e. The highest BCUT2D eigenvalue weighted by molar-refractivity contribution is 7.89. The lowest BCUT2D eigenvalue weighted by molar-refractivity contribution is 0.133. The zero-order valence-corrected chi connectivity index (χ0v) is 13.8. The van der Waals surface area contributed by atoms with E-state index in [0.29, 0.717) is 35.4 Å². The Balaban J connectivity index is 1.71. The molecule has 0 aromatic carbocycles. The van der Waals surface area contributed by atoms with Crippen molar-refractivity contribution in [2.75, 3.05) is 26.2 Å². The molecule has 1 aliphatic heterocycles. The van der Waals surface area contributed by atoms with Crippen LogP contribution in [0.1, 0.15) is 31.2 Å². The highest BCUT2D eigenvalue weighted by atomic mass is 32.2. The summed E-state index contributed by atoms with van der Waals surface area (Å²) in [5, 5.41) is 6.78. The summed E-state index contributed by atoms with van der Waals surface area (Å²) in [5.41, 5.74) is 1.18. The van der Waals surface area contributed by atoms with Gasteiger partial charge in [-0.2, -0.15) is 9.40 Å². The first kappa shape index (κ1) is 15.0. The third-order valence-electron chi connectivity index (χ3n) is 4.81. The summed E-state index contributed by atoms with van der Waals surface area (Å²) in [7, 11) is -3.42. The second-order valence-corrected chi connectivity index (χ2v) is 8.16. The lowest BCUT2D eigenvalue weighted by Gasteiger charge is -2.37. The van der Waals surface area contributed by atoms with Gasteiger partial charge in [0.05, 0.1) is 11.4 Å². The van der Waals surface area contributed by atoms with E-state index in [0.717, 1.165) is 19.0 Å². The predicted octanol–water partition coefficient (Wildman–Crippen LogP) is 1.13. The first-order valence-electron chi connectivity index (χ1n) is 7.67. The number of sulfonamides is 1. The van der Waals surface area contributed by atoms with Gasteiger partial charge in [0.1, 0.15) is 4.90 Å². The summed E-state index contributed by atoms with van der Waals surface area (Å²) >= 11 is 0. The van der Waals surface area contributed by atoms with E-state index in [1.165, 1.54) is 12.8 Å². The van der Waals surface area contributed by atoms with Crippen LogP contribution in [0.4, 0.5) is 0 Å². The molecule has 1 saturated carbocycles. The average Bonchev–Trinajstić information content (AvgIpc) is 3.24. The molecule has 1 atom stereocenters. The maximum absolute atomic E-state index is 12.8. The van der Waals surface area contributed by atoms with Crippen LogP contribution in [-0.2, 0) is 10.0 Å². The zero-order valence-electron chi connectivity index (χ0n) is 13.0. The number of nitrogens with zero attached hydrogens (tertiary/aromatic N) is 3. The van der Waals surface area contributed by atoms with Crippen molar-refractivity contribution in [2.45, 2.75) is 44.6 Å². The Kier molecular flexibility index (Phi) is 3.83. The molecular formula is C14H24N4O2S. The molecule has 7 heteroatoms. The summed E-state index contributed by atoms with van der Waals surface area (Å²) in [6.07, 6.45) is 2.65. The molecule has 6 nitrogen and oxygen atoms in total. The highest BCUT2D eigenvalue weighted by Gasteiger charge is 2.36. The molecule has 1 saturated heterocycles. The molecule has 3 rings (SSSR count). The number of aromatic nitrogens is 2. The van der Waals surface area contributed by atoms with Crippen LogP contribution in [0.2, 0.25) is 0 Å². The number of rotatable bonds is 4. The first-order chi connectivity index (χ1) is 9.91. The van der Waals surface area contributed by atoms with Crippen LogP contribution < -0.4 is 0 Å². The zero-order chi connectivity index (χ0) is 15.2. The van der Waals surface area contributed by atoms with Gasteiger partial charge in [-0.05, 0) is 39.5 Å². The Morgan fingerprint density at radius 1 is 1.19 bits per heavy atom. The van der Waals surface area contributed by atoms with Crippen LogP contribution in [0.3, 0.4) is 0 Å². The van der Waals surface area contributed by atoms with Crippen molar-refractivity contribution in [3.8, 4) is 0 Å². The molecular weight excluding hydrogens is 288 g/mol. The smallest absolute Gasteiger partial charge is 0.246 e. The van der Waals surface area contributed by atoms with Crippen molar-refractivity contribution in [2.24, 2.45) is 5.92 Å². The lowest BCUT2D eigenvalue weighted by Crippen LogP contribution is -2.51. The second kappa shape index (κ2) is 5.37. The maximum atomic E-state index is 12.8. The van der Waals surface area contributed by atoms with Crippen LogP contribution in [-0.4, -0.2) is 60.0 Å². The average molecular weight is 312 g/mol. The third kappa shape index (κ3) is 2.74. The molecule has 2 heterocycles. The number of hydrogen-bond donors (Lipinski definition) is 1. The fraction of sp³-hybridized carbons (Fsp3) is 0.786. The van der Waals surface area contributed by atoms with Gasteiger partial charge in [0.25, 0.3) is 0 Å². The van der Waals surface area contributed by atoms with E-state index in [2.05, 4.69) is 22.0 Å². The number of aryl methyl sites for hydroxylation is 2. The van der Waals surface area contributed by atoms with Crippen LogP contribution >= 0.6 is 0 Å². The summed E-state index contributed by atoms with van der Waals surface area (Å²) < 4.78 is 27.1. The van der Waals surface area contributed by atoms with E-state index in [4.69, 9.17) is 0 Å². The van der Waals surface area contributed by atoms with Crippen LogP contribution in [0.15, 0.2) is 4.90 Å². The van der Waals surface area contributed by atoms with Crippen molar-refractivity contribution in [3.63, 3.8) is 0 Å². The fourth-order valence-corrected chi connectivity index (χ4v) is 5.03. The molecule has 1 aliphatic carbocycles. The Hall–Kier alpha value is -0.920. The van der Waals surface area contributed by atoms with Crippen molar-refractivity contribution in [3.05, 3.63) is 11.4 Å². The predicted molar refractivity (Wildman–Crippen MR) is 80.6 cm³/mol. The molecule has 1 N–H and O–H groups in total. The van der Waals surface area contributed by atoms with Crippen LogP contribution in [0.25, 0.3) is 0 Å². The Labute approximate surface area is 126 Å². The number of nitrogens with one attached hydrogen (secondary N) is 1. The van der Waals surface area contributed by atoms with E-state index in [-0.39, 0.29) is 0 Å². The fourth-order valence-electron chi connectivity index (χ4n) is 3.28. The van der Waals surface area contributed by atoms with Crippen molar-refractivity contribution < 1.29 is 8.42 Å². The molecule has 118 valence electrons. The van der Waals surface area contributed by atoms with Gasteiger partial charge in [-0.25, -0.2) is 8.42 Å². The van der Waals surface area contributed by atoms with Crippen molar-refractivity contribution in [1.29, 1.82) is 0 Å². The van der Waals surface area contributed by atoms with Gasteiger partial charge in [-0.3, -0.25) is 10.00 Å². The highest BCUT2D eigenvalue weighted by Crippen LogP contribution is 2.35. The quantitative estimate of drug-likeness (QED) is 0.905. The first-order valence-corrected chi connectivity index (χ1v) is 9.11. The molecule has 0 spiro atoms. The van der Waals surface area contributed by atoms with Gasteiger partial charge in [0.15, 0.2) is 0 Å². The van der Waals surface area contributed by atoms with E-state index in [9.17, 15) is 8.42 Å². The topological polar surface area (TPSA) is 69.3 Å². The van der Waals surface area contributed by atoms with Crippen LogP contribution in [0.5, 0.6) is 0 Å². The van der Waals surface area contributed by atoms with E-state index >= 15 is 0 Å². The minimum absolute atomic E-state index is 0.353. The summed E-state index contributed by atoms with van der Waals surface area (Å²) in [5.74, 6) is 0.825. The number of aromatic amines is 1. The third-order valence-corrected chi connectivity index (χ3v) is 6.97. The number of hydrogen-bond acceptors (Lipinski definition) is 4. The Bertz CT molecular complexity index is 593. The lowest BCUT2D eigenvalue weighted by atomic mass is 10.1. The normalized spacial score (nSPS) is 23.4. The molecule has 1 unspecified atom stereocenters. The minimum Gasteiger partial charge on any atom is -0.298 e. The second-order valence-electron chi connectivity index (χ2n) is 6.28. The molecule has 21 heavy (non-hydrogen) atoms. The van der Waals surface area contributed by atoms with Gasteiger partial charge < -0.3 is 0 Å². The summed E-state index contributed by atoms with van der Waals surface area (Å²) in [4.78, 5) is 2.78. The number of piperazine rings is 1. The molecule has 0 radical (unpaired) electrons. The molecule has 0 amide bonds. The summed E-state index contributed by atoms with van der Waals surface area (Å²) in [6, 6.07) is 0.590. The van der Waals surface area contributed by atoms with Gasteiger partial charge in [0, 0.05) is 32.2 Å². The molecule has 0 bridgehead atoms. The van der Waals surface area contributed by atoms with Crippen molar-refractivity contribution >= 4 is 10.0 Å². The Morgan fingerprint density at radius 3 is 2.29 bits per heavy atom. The van der Waals surface area contributed by atoms with Gasteiger partial charge in [-0.15, -0.1) is 0 Å². The molecule has 1 aromatic heterocycles. The molecule has 2 fully saturated rings. The monoisotopic (exact) mass is 312 g/mol. The number of H-pyrrole nitrogens is 1. The van der Waals surface area contributed by atoms with E-state index in [1.54, 1.807) is 18.2 Å². The van der Waals surface area contributed by atoms with E-state index < -0.39 is 10.0 Å². The van der Waals surface area contributed by atoms with E-state index in [1.807, 2.05) is 0 Å². The maximum Gasteiger partial charge on any atom is 0.246 e. The van der Waals surface area contributed by atoms with Gasteiger partial charge >= 0.3 is 0 Å². The van der Waals surface area contributed by atoms with Gasteiger partial charge in [-0.1, -0.05) is 0 Å². The standard InChI is InChI=1S/C14H24N4O2S/c1-10-14(11(2)16-15-10)21(19,20)18-8-6-17(7-9-18)12(3)13-4-5-13/h12-13H,4-9H2,1-3H3,(H,15,16). The summed E-state index contributed by atoms with van der Waals surface area (Å²) in [6.45, 7) is 8.57. The Morgan fingerprint density at radius 2 is 1.81 bits per heavy atom. The molecule has 2 aliphatic rings. The minimum atomic E-state index is -3.42. The molecule has 1 aromatic rings. The van der Waals surface area contributed by atoms with Crippen molar-refractivity contribution in [1.82, 2.24) is 19.4 Å².